The normalized spacial score (nSPS) is 48.0. The second-order valence-electron chi connectivity index (χ2n) is 16.0. The standard InChI is InChI=1S/C37H50N2O10/c1-7-38-17-34(18-49-32(42)20-10-8-9-11-23(20)39-26(40)14-19(2)31(39)41)13-12-25(46-4)36-22-15-21-24(45-3)16-35(43,27(22)28(21)47-5)37(44,33(36)38)30(48-6)29(34)36/h8-11,19,21-22,24-25,27-30,33,43-44H,7,12-18H2,1-6H3/t19-,21?,22+,24-,25-,27+,28-,29+,30-,33?,34?,35+,36?,37?/m0/s1. The summed E-state index contributed by atoms with van der Waals surface area (Å²) in [6.07, 6.45) is 0.813. The summed E-state index contributed by atoms with van der Waals surface area (Å²) in [6.45, 7) is 4.95. The van der Waals surface area contributed by atoms with E-state index in [0.29, 0.717) is 25.9 Å². The molecule has 1 aromatic rings. The molecule has 5 aliphatic carbocycles. The lowest BCUT2D eigenvalue weighted by Gasteiger charge is -2.70. The van der Waals surface area contributed by atoms with Crippen molar-refractivity contribution in [1.29, 1.82) is 0 Å². The number of anilines is 1. The lowest BCUT2D eigenvalue weighted by molar-refractivity contribution is -0.320. The third-order valence-electron chi connectivity index (χ3n) is 14.5. The Morgan fingerprint density at radius 3 is 2.43 bits per heavy atom. The molecule has 0 radical (unpaired) electrons. The number of carbonyl (C=O) groups is 3. The summed E-state index contributed by atoms with van der Waals surface area (Å²) in [5, 5.41) is 26.6. The van der Waals surface area contributed by atoms with Crippen LogP contribution in [0.1, 0.15) is 56.3 Å². The quantitative estimate of drug-likeness (QED) is 0.292. The third-order valence-corrected chi connectivity index (χ3v) is 14.5. The molecule has 8 rings (SSSR count). The summed E-state index contributed by atoms with van der Waals surface area (Å²) in [5.74, 6) is -2.47. The number of ether oxygens (including phenoxy) is 5. The van der Waals surface area contributed by atoms with Crippen molar-refractivity contribution in [3.8, 4) is 0 Å². The number of para-hydroxylation sites is 1. The lowest BCUT2D eigenvalue weighted by atomic mass is 9.42. The molecule has 268 valence electrons. The number of amides is 2. The van der Waals surface area contributed by atoms with Gasteiger partial charge in [-0.25, -0.2) is 9.69 Å². The van der Waals surface area contributed by atoms with Crippen LogP contribution in [0.3, 0.4) is 0 Å². The van der Waals surface area contributed by atoms with Crippen molar-refractivity contribution in [2.24, 2.45) is 40.4 Å². The number of aliphatic hydroxyl groups is 2. The molecule has 2 amide bonds. The van der Waals surface area contributed by atoms with Crippen LogP contribution in [0.5, 0.6) is 0 Å². The average molecular weight is 683 g/mol. The van der Waals surface area contributed by atoms with Crippen LogP contribution in [0.4, 0.5) is 5.69 Å². The smallest absolute Gasteiger partial charge is 0.340 e. The Bertz CT molecular complexity index is 1560. The van der Waals surface area contributed by atoms with Gasteiger partial charge in [-0.05, 0) is 43.9 Å². The summed E-state index contributed by atoms with van der Waals surface area (Å²) in [6, 6.07) is 6.12. The van der Waals surface area contributed by atoms with E-state index < -0.39 is 46.1 Å². The molecule has 49 heavy (non-hydrogen) atoms. The first-order chi connectivity index (χ1) is 23.4. The number of piperidine rings is 1. The van der Waals surface area contributed by atoms with Gasteiger partial charge in [-0.3, -0.25) is 14.5 Å². The summed E-state index contributed by atoms with van der Waals surface area (Å²) in [5.41, 5.74) is -4.17. The number of rotatable bonds is 9. The van der Waals surface area contributed by atoms with Gasteiger partial charge >= 0.3 is 5.97 Å². The summed E-state index contributed by atoms with van der Waals surface area (Å²) >= 11 is 0. The van der Waals surface area contributed by atoms with Crippen LogP contribution in [-0.2, 0) is 33.3 Å². The van der Waals surface area contributed by atoms with Gasteiger partial charge in [0, 0.05) is 82.3 Å². The molecule has 7 fully saturated rings. The third kappa shape index (κ3) is 3.86. The van der Waals surface area contributed by atoms with Crippen molar-refractivity contribution in [1.82, 2.24) is 4.90 Å². The predicted octanol–water partition coefficient (Wildman–Crippen LogP) is 2.04. The molecular weight excluding hydrogens is 632 g/mol. The first-order valence-corrected chi connectivity index (χ1v) is 17.9. The second kappa shape index (κ2) is 11.3. The Balaban J connectivity index is 1.23. The molecule has 14 atom stereocenters. The van der Waals surface area contributed by atoms with Crippen LogP contribution in [0.2, 0.25) is 0 Å². The largest absolute Gasteiger partial charge is 0.461 e. The Hall–Kier alpha value is -2.45. The molecular formula is C37H50N2O10. The first-order valence-electron chi connectivity index (χ1n) is 17.9. The van der Waals surface area contributed by atoms with E-state index in [1.54, 1.807) is 59.6 Å². The zero-order valence-electron chi connectivity index (χ0n) is 29.3. The summed E-state index contributed by atoms with van der Waals surface area (Å²) < 4.78 is 31.4. The SMILES string of the molecule is CCN1CC2(COC(=O)c3ccccc3N3C(=O)C[C@H](C)C3=O)CC[C@H](OC)C34C1C(O)([C@@H](OC)[C@H]23)[C@@]1(O)C[C@H](OC)C2C[C@@H]4[C@@H]1[C@H]2OC. The minimum atomic E-state index is -1.70. The monoisotopic (exact) mass is 682 g/mol. The van der Waals surface area contributed by atoms with E-state index in [9.17, 15) is 24.6 Å². The highest BCUT2D eigenvalue weighted by molar-refractivity contribution is 6.22. The molecule has 1 spiro atoms. The number of esters is 1. The van der Waals surface area contributed by atoms with E-state index in [-0.39, 0.29) is 84.5 Å². The Morgan fingerprint density at radius 1 is 1.04 bits per heavy atom. The topological polar surface area (TPSA) is 144 Å². The average Bonchev–Trinajstić information content (AvgIpc) is 3.63. The molecule has 7 bridgehead atoms. The number of likely N-dealkylation sites (tertiary alicyclic amines) is 1. The summed E-state index contributed by atoms with van der Waals surface area (Å²) in [4.78, 5) is 43.3. The number of nitrogens with zero attached hydrogens (tertiary/aromatic N) is 2. The maximum Gasteiger partial charge on any atom is 0.340 e. The van der Waals surface area contributed by atoms with Gasteiger partial charge in [-0.15, -0.1) is 0 Å². The van der Waals surface area contributed by atoms with E-state index in [1.807, 2.05) is 0 Å². The fourth-order valence-electron chi connectivity index (χ4n) is 13.2. The van der Waals surface area contributed by atoms with E-state index in [1.165, 1.54) is 0 Å². The van der Waals surface area contributed by atoms with Crippen molar-refractivity contribution in [3.05, 3.63) is 29.8 Å². The maximum absolute atomic E-state index is 14.1. The van der Waals surface area contributed by atoms with Crippen LogP contribution in [-0.4, -0.2) is 123 Å². The number of carbonyl (C=O) groups excluding carboxylic acids is 3. The van der Waals surface area contributed by atoms with Crippen molar-refractivity contribution >= 4 is 23.5 Å². The van der Waals surface area contributed by atoms with E-state index in [4.69, 9.17) is 23.7 Å². The molecule has 5 unspecified atom stereocenters. The van der Waals surface area contributed by atoms with Crippen LogP contribution in [0, 0.1) is 40.4 Å². The van der Waals surface area contributed by atoms with Gasteiger partial charge in [0.25, 0.3) is 0 Å². The molecule has 0 aromatic heterocycles. The molecule has 2 saturated heterocycles. The minimum absolute atomic E-state index is 0.0358. The Morgan fingerprint density at radius 2 is 1.80 bits per heavy atom. The van der Waals surface area contributed by atoms with Crippen LogP contribution < -0.4 is 4.90 Å². The molecule has 7 aliphatic rings. The van der Waals surface area contributed by atoms with Gasteiger partial charge < -0.3 is 33.9 Å². The van der Waals surface area contributed by atoms with Gasteiger partial charge in [0.15, 0.2) is 0 Å². The lowest BCUT2D eigenvalue weighted by Crippen LogP contribution is -2.82. The Labute approximate surface area is 287 Å². The van der Waals surface area contributed by atoms with Gasteiger partial charge in [0.1, 0.15) is 11.2 Å². The van der Waals surface area contributed by atoms with Crippen LogP contribution in [0.25, 0.3) is 0 Å². The Kier molecular flexibility index (Phi) is 7.75. The second-order valence-corrected chi connectivity index (χ2v) is 16.0. The molecule has 1 aromatic carbocycles. The van der Waals surface area contributed by atoms with Gasteiger partial charge in [0.05, 0.1) is 48.3 Å². The molecule has 12 heteroatoms. The fraction of sp³-hybridized carbons (Fsp3) is 0.757. The maximum atomic E-state index is 14.1. The molecule has 5 saturated carbocycles. The number of hydrogen-bond donors (Lipinski definition) is 2. The molecule has 2 aliphatic heterocycles. The van der Waals surface area contributed by atoms with Gasteiger partial charge in [-0.1, -0.05) is 26.0 Å². The zero-order valence-corrected chi connectivity index (χ0v) is 29.3. The molecule has 2 N–H and O–H groups in total. The number of benzene rings is 1. The van der Waals surface area contributed by atoms with Crippen LogP contribution in [0.15, 0.2) is 24.3 Å². The van der Waals surface area contributed by atoms with Crippen molar-refractivity contribution in [2.45, 2.75) is 87.6 Å². The van der Waals surface area contributed by atoms with Gasteiger partial charge in [-0.2, -0.15) is 0 Å². The molecule has 12 nitrogen and oxygen atoms in total. The number of fused-ring (bicyclic) bond motifs is 2. The van der Waals surface area contributed by atoms with Crippen molar-refractivity contribution in [3.63, 3.8) is 0 Å². The fourth-order valence-corrected chi connectivity index (χ4v) is 13.2. The minimum Gasteiger partial charge on any atom is -0.461 e. The predicted molar refractivity (Wildman–Crippen MR) is 174 cm³/mol. The van der Waals surface area contributed by atoms with Crippen molar-refractivity contribution < 1.29 is 48.3 Å². The number of hydrogen-bond acceptors (Lipinski definition) is 11. The highest BCUT2D eigenvalue weighted by Crippen LogP contribution is 2.80. The van der Waals surface area contributed by atoms with E-state index in [0.717, 1.165) is 11.3 Å². The number of likely N-dealkylation sites (N-methyl/N-ethyl adjacent to an activating group) is 1. The number of methoxy groups -OCH3 is 4. The van der Waals surface area contributed by atoms with Crippen LogP contribution >= 0.6 is 0 Å². The number of imide groups is 1. The highest BCUT2D eigenvalue weighted by atomic mass is 16.5. The summed E-state index contributed by atoms with van der Waals surface area (Å²) in [7, 11) is 6.70. The zero-order chi connectivity index (χ0) is 34.8. The first kappa shape index (κ1) is 33.7. The van der Waals surface area contributed by atoms with Gasteiger partial charge in [0.2, 0.25) is 11.8 Å². The molecule has 2 heterocycles. The highest BCUT2D eigenvalue weighted by Gasteiger charge is 2.91. The van der Waals surface area contributed by atoms with Crippen molar-refractivity contribution in [2.75, 3.05) is 53.0 Å². The van der Waals surface area contributed by atoms with E-state index >= 15 is 0 Å². The van der Waals surface area contributed by atoms with E-state index in [2.05, 4.69) is 11.8 Å².